The summed E-state index contributed by atoms with van der Waals surface area (Å²) in [5.74, 6) is -0.239. The highest BCUT2D eigenvalue weighted by molar-refractivity contribution is 7.90. The van der Waals surface area contributed by atoms with Crippen LogP contribution >= 0.6 is 11.6 Å². The maximum Gasteiger partial charge on any atom is 0.274 e. The van der Waals surface area contributed by atoms with Gasteiger partial charge in [-0.25, -0.2) is 18.4 Å². The Morgan fingerprint density at radius 3 is 2.44 bits per heavy atom. The second-order valence-corrected chi connectivity index (χ2v) is 10.1. The van der Waals surface area contributed by atoms with Crippen LogP contribution in [0.3, 0.4) is 0 Å². The number of hydrogen-bond acceptors (Lipinski definition) is 6. The standard InChI is InChI=1S/C25H22ClN3O4S/c1-18-8-5-6-11-20(18)17-34(31,32)25-27-14-22(26)23(28-25)24(30)29(16-21-12-7-13-33-21)15-19-9-3-2-4-10-19/h2-14H,15-17H2,1H3. The van der Waals surface area contributed by atoms with Gasteiger partial charge in [-0.2, -0.15) is 0 Å². The molecule has 0 N–H and O–H groups in total. The topological polar surface area (TPSA) is 93.4 Å². The van der Waals surface area contributed by atoms with Gasteiger partial charge in [-0.05, 0) is 35.7 Å². The number of aromatic nitrogens is 2. The minimum absolute atomic E-state index is 0.0302. The number of sulfone groups is 1. The van der Waals surface area contributed by atoms with E-state index < -0.39 is 20.9 Å². The molecular formula is C25H22ClN3O4S. The van der Waals surface area contributed by atoms with E-state index in [1.807, 2.05) is 49.4 Å². The Balaban J connectivity index is 1.66. The van der Waals surface area contributed by atoms with Crippen LogP contribution < -0.4 is 0 Å². The number of rotatable bonds is 8. The van der Waals surface area contributed by atoms with Gasteiger partial charge in [-0.1, -0.05) is 66.2 Å². The molecule has 0 radical (unpaired) electrons. The van der Waals surface area contributed by atoms with Crippen molar-refractivity contribution in [2.24, 2.45) is 0 Å². The molecule has 2 aromatic heterocycles. The Labute approximate surface area is 203 Å². The first-order valence-corrected chi connectivity index (χ1v) is 12.5. The second-order valence-electron chi connectivity index (χ2n) is 7.76. The van der Waals surface area contributed by atoms with Crippen molar-refractivity contribution in [1.82, 2.24) is 14.9 Å². The highest BCUT2D eigenvalue weighted by Crippen LogP contribution is 2.22. The number of halogens is 1. The molecule has 0 aliphatic rings. The summed E-state index contributed by atoms with van der Waals surface area (Å²) < 4.78 is 31.5. The smallest absolute Gasteiger partial charge is 0.274 e. The average Bonchev–Trinajstić information content (AvgIpc) is 3.34. The van der Waals surface area contributed by atoms with Gasteiger partial charge in [0.25, 0.3) is 5.91 Å². The molecule has 0 unspecified atom stereocenters. The summed E-state index contributed by atoms with van der Waals surface area (Å²) in [7, 11) is -3.91. The molecule has 0 saturated heterocycles. The van der Waals surface area contributed by atoms with E-state index in [0.29, 0.717) is 11.3 Å². The van der Waals surface area contributed by atoms with E-state index >= 15 is 0 Å². The Bertz CT molecular complexity index is 1390. The zero-order valence-corrected chi connectivity index (χ0v) is 20.0. The van der Waals surface area contributed by atoms with Crippen molar-refractivity contribution < 1.29 is 17.6 Å². The zero-order valence-electron chi connectivity index (χ0n) is 18.4. The van der Waals surface area contributed by atoms with Crippen LogP contribution in [0.1, 0.15) is 32.9 Å². The normalized spacial score (nSPS) is 11.4. The van der Waals surface area contributed by atoms with Crippen LogP contribution in [0.5, 0.6) is 0 Å². The highest BCUT2D eigenvalue weighted by atomic mass is 35.5. The first-order chi connectivity index (χ1) is 16.3. The molecule has 7 nitrogen and oxygen atoms in total. The van der Waals surface area contributed by atoms with Crippen LogP contribution in [0.4, 0.5) is 0 Å². The molecule has 4 rings (SSSR count). The lowest BCUT2D eigenvalue weighted by Crippen LogP contribution is -2.31. The number of benzene rings is 2. The summed E-state index contributed by atoms with van der Waals surface area (Å²) in [4.78, 5) is 23.0. The van der Waals surface area contributed by atoms with Gasteiger partial charge in [0.2, 0.25) is 15.0 Å². The Morgan fingerprint density at radius 2 is 1.74 bits per heavy atom. The van der Waals surface area contributed by atoms with Crippen LogP contribution in [0, 0.1) is 6.92 Å². The third kappa shape index (κ3) is 5.52. The molecule has 0 spiro atoms. The molecule has 34 heavy (non-hydrogen) atoms. The van der Waals surface area contributed by atoms with Crippen molar-refractivity contribution in [2.75, 3.05) is 0 Å². The van der Waals surface area contributed by atoms with Gasteiger partial charge in [0.1, 0.15) is 5.76 Å². The molecule has 0 aliphatic carbocycles. The van der Waals surface area contributed by atoms with Crippen molar-refractivity contribution in [2.45, 2.75) is 30.9 Å². The second kappa shape index (κ2) is 10.2. The summed E-state index contributed by atoms with van der Waals surface area (Å²) in [5.41, 5.74) is 2.18. The third-order valence-corrected chi connectivity index (χ3v) is 6.96. The molecule has 0 aliphatic heterocycles. The van der Waals surface area contributed by atoms with Crippen LogP contribution in [0.25, 0.3) is 0 Å². The molecular weight excluding hydrogens is 474 g/mol. The van der Waals surface area contributed by atoms with Crippen molar-refractivity contribution in [3.05, 3.63) is 112 Å². The minimum atomic E-state index is -3.91. The van der Waals surface area contributed by atoms with Gasteiger partial charge in [0.15, 0.2) is 5.69 Å². The fraction of sp³-hybridized carbons (Fsp3) is 0.160. The molecule has 1 amide bonds. The fourth-order valence-corrected chi connectivity index (χ4v) is 4.91. The average molecular weight is 496 g/mol. The lowest BCUT2D eigenvalue weighted by atomic mass is 10.1. The summed E-state index contributed by atoms with van der Waals surface area (Å²) in [5, 5.41) is -0.474. The number of amides is 1. The predicted octanol–water partition coefficient (Wildman–Crippen LogP) is 4.85. The van der Waals surface area contributed by atoms with Crippen LogP contribution in [0.15, 0.2) is 88.8 Å². The summed E-state index contributed by atoms with van der Waals surface area (Å²) in [6, 6.07) is 20.1. The quantitative estimate of drug-likeness (QED) is 0.324. The maximum absolute atomic E-state index is 13.5. The first-order valence-electron chi connectivity index (χ1n) is 10.5. The van der Waals surface area contributed by atoms with E-state index in [2.05, 4.69) is 9.97 Å². The summed E-state index contributed by atoms with van der Waals surface area (Å²) in [6.45, 7) is 2.25. The molecule has 0 fully saturated rings. The van der Waals surface area contributed by atoms with Gasteiger partial charge >= 0.3 is 0 Å². The number of hydrogen-bond donors (Lipinski definition) is 0. The molecule has 174 valence electrons. The maximum atomic E-state index is 13.5. The summed E-state index contributed by atoms with van der Waals surface area (Å²) >= 11 is 6.26. The van der Waals surface area contributed by atoms with Gasteiger partial charge in [-0.15, -0.1) is 0 Å². The van der Waals surface area contributed by atoms with Crippen molar-refractivity contribution in [1.29, 1.82) is 0 Å². The van der Waals surface area contributed by atoms with E-state index in [-0.39, 0.29) is 29.6 Å². The van der Waals surface area contributed by atoms with E-state index in [0.717, 1.165) is 17.3 Å². The Kier molecular flexibility index (Phi) is 7.09. The van der Waals surface area contributed by atoms with Gasteiger partial charge in [0.05, 0.1) is 29.8 Å². The number of carbonyl (C=O) groups excluding carboxylic acids is 1. The number of aryl methyl sites for hydroxylation is 1. The van der Waals surface area contributed by atoms with Crippen LogP contribution in [-0.2, 0) is 28.7 Å². The van der Waals surface area contributed by atoms with E-state index in [9.17, 15) is 13.2 Å². The lowest BCUT2D eigenvalue weighted by molar-refractivity contribution is 0.0710. The number of carbonyl (C=O) groups is 1. The molecule has 0 atom stereocenters. The molecule has 2 aromatic carbocycles. The molecule has 0 saturated carbocycles. The molecule has 9 heteroatoms. The zero-order chi connectivity index (χ0) is 24.1. The van der Waals surface area contributed by atoms with E-state index in [1.54, 1.807) is 24.3 Å². The van der Waals surface area contributed by atoms with Crippen LogP contribution in [-0.4, -0.2) is 29.2 Å². The van der Waals surface area contributed by atoms with Gasteiger partial charge in [0, 0.05) is 6.54 Å². The van der Waals surface area contributed by atoms with Gasteiger partial charge < -0.3 is 9.32 Å². The minimum Gasteiger partial charge on any atom is -0.467 e. The van der Waals surface area contributed by atoms with Crippen molar-refractivity contribution in [3.63, 3.8) is 0 Å². The van der Waals surface area contributed by atoms with Gasteiger partial charge in [-0.3, -0.25) is 4.79 Å². The van der Waals surface area contributed by atoms with E-state index in [4.69, 9.17) is 16.0 Å². The lowest BCUT2D eigenvalue weighted by Gasteiger charge is -2.22. The predicted molar refractivity (Wildman–Crippen MR) is 128 cm³/mol. The first kappa shape index (κ1) is 23.7. The number of nitrogens with zero attached hydrogens (tertiary/aromatic N) is 3. The highest BCUT2D eigenvalue weighted by Gasteiger charge is 2.26. The SMILES string of the molecule is Cc1ccccc1CS(=O)(=O)c1ncc(Cl)c(C(=O)N(Cc2ccccc2)Cc2ccco2)n1. The third-order valence-electron chi connectivity index (χ3n) is 5.24. The molecule has 2 heterocycles. The van der Waals surface area contributed by atoms with Crippen molar-refractivity contribution >= 4 is 27.3 Å². The van der Waals surface area contributed by atoms with E-state index in [1.165, 1.54) is 11.2 Å². The largest absolute Gasteiger partial charge is 0.467 e. The Morgan fingerprint density at radius 1 is 1.00 bits per heavy atom. The number of furan rings is 1. The monoisotopic (exact) mass is 495 g/mol. The summed E-state index contributed by atoms with van der Waals surface area (Å²) in [6.07, 6.45) is 2.68. The molecule has 0 bridgehead atoms. The molecule has 4 aromatic rings. The van der Waals surface area contributed by atoms with Crippen molar-refractivity contribution in [3.8, 4) is 0 Å². The Hall–Kier alpha value is -3.49. The fourth-order valence-electron chi connectivity index (χ4n) is 3.44. The van der Waals surface area contributed by atoms with Crippen LogP contribution in [0.2, 0.25) is 5.02 Å².